The highest BCUT2D eigenvalue weighted by molar-refractivity contribution is 5.92. The van der Waals surface area contributed by atoms with Crippen molar-refractivity contribution in [2.45, 2.75) is 20.0 Å². The van der Waals surface area contributed by atoms with E-state index in [0.29, 0.717) is 5.56 Å². The van der Waals surface area contributed by atoms with E-state index in [2.05, 4.69) is 10.2 Å². The number of ether oxygens (including phenoxy) is 1. The maximum atomic E-state index is 13.0. The monoisotopic (exact) mass is 330 g/mol. The van der Waals surface area contributed by atoms with Crippen molar-refractivity contribution < 1.29 is 32.2 Å². The first-order chi connectivity index (χ1) is 10.6. The van der Waals surface area contributed by atoms with E-state index in [-0.39, 0.29) is 5.75 Å². The Morgan fingerprint density at radius 1 is 1.22 bits per heavy atom. The molecule has 1 aromatic heterocycles. The molecule has 0 saturated heterocycles. The van der Waals surface area contributed by atoms with Crippen LogP contribution in [0.4, 0.5) is 17.6 Å². The maximum absolute atomic E-state index is 13.0. The predicted octanol–water partition coefficient (Wildman–Crippen LogP) is 3.74. The third-order valence-electron chi connectivity index (χ3n) is 3.01. The van der Waals surface area contributed by atoms with E-state index in [1.807, 2.05) is 0 Å². The van der Waals surface area contributed by atoms with Crippen LogP contribution in [0.5, 0.6) is 11.6 Å². The summed E-state index contributed by atoms with van der Waals surface area (Å²) < 4.78 is 56.6. The number of carboxylic acid groups (broad SMARTS) is 1. The van der Waals surface area contributed by atoms with Crippen molar-refractivity contribution >= 4 is 5.97 Å². The van der Waals surface area contributed by atoms with Gasteiger partial charge in [-0.2, -0.15) is 13.2 Å². The number of halogens is 4. The average Bonchev–Trinajstić information content (AvgIpc) is 2.40. The van der Waals surface area contributed by atoms with Gasteiger partial charge >= 0.3 is 12.1 Å². The summed E-state index contributed by atoms with van der Waals surface area (Å²) in [6.45, 7) is 2.45. The van der Waals surface area contributed by atoms with Crippen LogP contribution >= 0.6 is 0 Å². The van der Waals surface area contributed by atoms with Crippen LogP contribution in [0.1, 0.15) is 27.2 Å². The molecule has 5 nitrogen and oxygen atoms in total. The number of benzene rings is 1. The molecule has 1 N–H and O–H groups in total. The van der Waals surface area contributed by atoms with E-state index in [1.54, 1.807) is 0 Å². The molecular formula is C14H10F4N2O3. The molecule has 0 aliphatic rings. The third kappa shape index (κ3) is 3.38. The number of alkyl halides is 3. The number of aromatic nitrogens is 2. The minimum Gasteiger partial charge on any atom is -0.477 e. The van der Waals surface area contributed by atoms with Crippen molar-refractivity contribution in [3.8, 4) is 11.6 Å². The molecule has 0 bridgehead atoms. The summed E-state index contributed by atoms with van der Waals surface area (Å²) in [6, 6.07) is 3.40. The largest absolute Gasteiger partial charge is 0.477 e. The zero-order valence-electron chi connectivity index (χ0n) is 11.9. The van der Waals surface area contributed by atoms with E-state index in [4.69, 9.17) is 9.84 Å². The van der Waals surface area contributed by atoms with Gasteiger partial charge in [-0.1, -0.05) is 0 Å². The van der Waals surface area contributed by atoms with E-state index in [9.17, 15) is 22.4 Å². The first kappa shape index (κ1) is 16.7. The fourth-order valence-corrected chi connectivity index (χ4v) is 1.92. The SMILES string of the molecule is Cc1cc(F)ccc1Oc1nnc(C(F)(F)F)c(C)c1C(=O)O. The standard InChI is InChI=1S/C14H10F4N2O3/c1-6-5-8(15)3-4-9(6)23-12-10(13(21)22)7(2)11(19-20-12)14(16,17)18/h3-5H,1-2H3,(H,21,22). The minimum absolute atomic E-state index is 0.0577. The Morgan fingerprint density at radius 2 is 1.87 bits per heavy atom. The molecule has 1 aromatic carbocycles. The van der Waals surface area contributed by atoms with E-state index in [0.717, 1.165) is 19.1 Å². The summed E-state index contributed by atoms with van der Waals surface area (Å²) >= 11 is 0. The smallest absolute Gasteiger partial charge is 0.435 e. The number of hydrogen-bond acceptors (Lipinski definition) is 4. The Morgan fingerprint density at radius 3 is 2.39 bits per heavy atom. The summed E-state index contributed by atoms with van der Waals surface area (Å²) in [5.41, 5.74) is -2.45. The van der Waals surface area contributed by atoms with Crippen LogP contribution in [-0.4, -0.2) is 21.3 Å². The van der Waals surface area contributed by atoms with E-state index in [1.165, 1.54) is 13.0 Å². The van der Waals surface area contributed by atoms with Crippen LogP contribution in [0.3, 0.4) is 0 Å². The number of aromatic carboxylic acids is 1. The van der Waals surface area contributed by atoms with Crippen molar-refractivity contribution in [1.82, 2.24) is 10.2 Å². The van der Waals surface area contributed by atoms with Gasteiger partial charge in [-0.05, 0) is 37.6 Å². The van der Waals surface area contributed by atoms with Gasteiger partial charge < -0.3 is 9.84 Å². The number of rotatable bonds is 3. The molecule has 2 aromatic rings. The van der Waals surface area contributed by atoms with Gasteiger partial charge in [0.2, 0.25) is 0 Å². The molecule has 0 amide bonds. The second-order valence-electron chi connectivity index (χ2n) is 4.67. The molecule has 2 rings (SSSR count). The molecule has 0 atom stereocenters. The third-order valence-corrected chi connectivity index (χ3v) is 3.01. The molecule has 9 heteroatoms. The Bertz CT molecular complexity index is 775. The molecule has 0 aliphatic heterocycles. The van der Waals surface area contributed by atoms with Gasteiger partial charge in [0.15, 0.2) is 5.69 Å². The number of hydrogen-bond donors (Lipinski definition) is 1. The maximum Gasteiger partial charge on any atom is 0.435 e. The summed E-state index contributed by atoms with van der Waals surface area (Å²) in [5.74, 6) is -2.72. The predicted molar refractivity (Wildman–Crippen MR) is 69.9 cm³/mol. The number of aryl methyl sites for hydroxylation is 1. The van der Waals surface area contributed by atoms with Crippen molar-refractivity contribution in [1.29, 1.82) is 0 Å². The fourth-order valence-electron chi connectivity index (χ4n) is 1.92. The number of carbonyl (C=O) groups is 1. The second-order valence-corrected chi connectivity index (χ2v) is 4.67. The summed E-state index contributed by atoms with van der Waals surface area (Å²) in [5, 5.41) is 15.4. The van der Waals surface area contributed by atoms with Crippen LogP contribution in [-0.2, 0) is 6.18 Å². The van der Waals surface area contributed by atoms with E-state index < -0.39 is 40.7 Å². The lowest BCUT2D eigenvalue weighted by molar-refractivity contribution is -0.142. The van der Waals surface area contributed by atoms with Gasteiger partial charge in [0.25, 0.3) is 5.88 Å². The molecule has 0 aliphatic carbocycles. The van der Waals surface area contributed by atoms with Crippen molar-refractivity contribution in [2.75, 3.05) is 0 Å². The quantitative estimate of drug-likeness (QED) is 0.868. The molecular weight excluding hydrogens is 320 g/mol. The first-order valence-corrected chi connectivity index (χ1v) is 6.23. The molecule has 122 valence electrons. The Balaban J connectivity index is 2.55. The van der Waals surface area contributed by atoms with Gasteiger partial charge in [0.05, 0.1) is 0 Å². The van der Waals surface area contributed by atoms with Gasteiger partial charge in [-0.25, -0.2) is 9.18 Å². The van der Waals surface area contributed by atoms with Gasteiger partial charge in [0, 0.05) is 5.56 Å². The lowest BCUT2D eigenvalue weighted by Gasteiger charge is -2.14. The molecule has 0 fully saturated rings. The molecule has 1 heterocycles. The highest BCUT2D eigenvalue weighted by atomic mass is 19.4. The molecule has 0 unspecified atom stereocenters. The second kappa shape index (κ2) is 5.82. The lowest BCUT2D eigenvalue weighted by atomic mass is 10.1. The van der Waals surface area contributed by atoms with Crippen molar-refractivity contribution in [3.63, 3.8) is 0 Å². The molecule has 0 saturated carbocycles. The molecule has 23 heavy (non-hydrogen) atoms. The Labute approximate surface area is 127 Å². The summed E-state index contributed by atoms with van der Waals surface area (Å²) in [6.07, 6.45) is -4.84. The zero-order valence-corrected chi connectivity index (χ0v) is 11.9. The number of carboxylic acids is 1. The highest BCUT2D eigenvalue weighted by Crippen LogP contribution is 2.35. The van der Waals surface area contributed by atoms with Crippen molar-refractivity contribution in [3.05, 3.63) is 46.4 Å². The Hall–Kier alpha value is -2.71. The normalized spacial score (nSPS) is 11.4. The average molecular weight is 330 g/mol. The lowest BCUT2D eigenvalue weighted by Crippen LogP contribution is -2.17. The van der Waals surface area contributed by atoms with Crippen LogP contribution in [0.15, 0.2) is 18.2 Å². The molecule has 0 spiro atoms. The minimum atomic E-state index is -4.84. The van der Waals surface area contributed by atoms with Gasteiger partial charge in [-0.15, -0.1) is 10.2 Å². The fraction of sp³-hybridized carbons (Fsp3) is 0.214. The van der Waals surface area contributed by atoms with Crippen LogP contribution < -0.4 is 4.74 Å². The van der Waals surface area contributed by atoms with Gasteiger partial charge in [-0.3, -0.25) is 0 Å². The summed E-state index contributed by atoms with van der Waals surface area (Å²) in [4.78, 5) is 11.3. The topological polar surface area (TPSA) is 72.3 Å². The Kier molecular flexibility index (Phi) is 4.22. The van der Waals surface area contributed by atoms with Crippen molar-refractivity contribution in [2.24, 2.45) is 0 Å². The van der Waals surface area contributed by atoms with Crippen LogP contribution in [0.2, 0.25) is 0 Å². The number of nitrogens with zero attached hydrogens (tertiary/aromatic N) is 2. The highest BCUT2D eigenvalue weighted by Gasteiger charge is 2.38. The van der Waals surface area contributed by atoms with Gasteiger partial charge in [0.1, 0.15) is 17.1 Å². The van der Waals surface area contributed by atoms with E-state index >= 15 is 0 Å². The van der Waals surface area contributed by atoms with Crippen LogP contribution in [0, 0.1) is 19.7 Å². The van der Waals surface area contributed by atoms with Crippen LogP contribution in [0.25, 0.3) is 0 Å². The molecule has 0 radical (unpaired) electrons. The zero-order chi connectivity index (χ0) is 17.4. The summed E-state index contributed by atoms with van der Waals surface area (Å²) in [7, 11) is 0. The first-order valence-electron chi connectivity index (χ1n) is 6.23.